The number of ether oxygens (including phenoxy) is 5. The first kappa shape index (κ1) is 25.6. The van der Waals surface area contributed by atoms with Crippen LogP contribution < -0.4 is 4.74 Å². The molecule has 6 N–H and O–H groups in total. The van der Waals surface area contributed by atoms with Crippen molar-refractivity contribution >= 4 is 5.97 Å². The molecule has 35 heavy (non-hydrogen) atoms. The van der Waals surface area contributed by atoms with Crippen LogP contribution in [0.15, 0.2) is 30.5 Å². The van der Waals surface area contributed by atoms with E-state index in [1.54, 1.807) is 6.08 Å². The van der Waals surface area contributed by atoms with E-state index in [1.807, 2.05) is 0 Å². The average Bonchev–Trinajstić information content (AvgIpc) is 3.09. The molecule has 0 bridgehead atoms. The number of rotatable bonds is 6. The summed E-state index contributed by atoms with van der Waals surface area (Å²) in [5.74, 6) is -2.00. The Bertz CT molecular complexity index is 946. The third-order valence-corrected chi connectivity index (χ3v) is 6.77. The summed E-state index contributed by atoms with van der Waals surface area (Å²) in [6.07, 6.45) is -6.40. The molecule has 0 amide bonds. The molecular weight excluding hydrogens is 468 g/mol. The van der Waals surface area contributed by atoms with Gasteiger partial charge in [-0.15, -0.1) is 0 Å². The second-order valence-electron chi connectivity index (χ2n) is 9.16. The summed E-state index contributed by atoms with van der Waals surface area (Å²) >= 11 is 0. The standard InChI is InChI=1S/C23H30O12/c1-23(30)8-14(33-20(29)10-3-4-12(25)13(7-10)31-2)11-5-6-32-21(16(11)23)35-22-19(28)18(27)17(26)15(9-24)34-22/h3-7,11,14-19,21-22,24-28,30H,8-9H2,1-2H3/t11-,14-,15+,16+,17+,18+,19+,21+,22-,23-/m0/s1. The molecule has 0 radical (unpaired) electrons. The molecule has 10 atom stereocenters. The predicted molar refractivity (Wildman–Crippen MR) is 115 cm³/mol. The third-order valence-electron chi connectivity index (χ3n) is 6.77. The summed E-state index contributed by atoms with van der Waals surface area (Å²) in [5.41, 5.74) is -1.28. The van der Waals surface area contributed by atoms with E-state index < -0.39 is 73.1 Å². The maximum absolute atomic E-state index is 12.8. The molecule has 1 saturated carbocycles. The van der Waals surface area contributed by atoms with Crippen molar-refractivity contribution in [1.82, 2.24) is 0 Å². The Morgan fingerprint density at radius 1 is 1.17 bits per heavy atom. The molecule has 0 unspecified atom stereocenters. The number of carbonyl (C=O) groups is 1. The number of benzene rings is 1. The fourth-order valence-corrected chi connectivity index (χ4v) is 4.90. The molecular formula is C23H30O12. The minimum absolute atomic E-state index is 0.0472. The Morgan fingerprint density at radius 2 is 1.91 bits per heavy atom. The van der Waals surface area contributed by atoms with Crippen LogP contribution in [0.25, 0.3) is 0 Å². The van der Waals surface area contributed by atoms with E-state index in [1.165, 1.54) is 38.5 Å². The molecule has 1 aliphatic carbocycles. The second kappa shape index (κ2) is 9.90. The first-order valence-corrected chi connectivity index (χ1v) is 11.2. The fraction of sp³-hybridized carbons (Fsp3) is 0.609. The van der Waals surface area contributed by atoms with Gasteiger partial charge in [-0.05, 0) is 31.2 Å². The zero-order chi connectivity index (χ0) is 25.5. The van der Waals surface area contributed by atoms with Crippen molar-refractivity contribution < 1.29 is 59.1 Å². The van der Waals surface area contributed by atoms with Gasteiger partial charge in [0.2, 0.25) is 6.29 Å². The van der Waals surface area contributed by atoms with Crippen molar-refractivity contribution in [3.05, 3.63) is 36.1 Å². The first-order chi connectivity index (χ1) is 16.6. The van der Waals surface area contributed by atoms with Crippen LogP contribution in [-0.2, 0) is 18.9 Å². The summed E-state index contributed by atoms with van der Waals surface area (Å²) in [7, 11) is 1.35. The van der Waals surface area contributed by atoms with Crippen LogP contribution in [0.1, 0.15) is 23.7 Å². The Balaban J connectivity index is 1.50. The van der Waals surface area contributed by atoms with E-state index in [2.05, 4.69) is 0 Å². The van der Waals surface area contributed by atoms with Gasteiger partial charge >= 0.3 is 5.97 Å². The van der Waals surface area contributed by atoms with Crippen molar-refractivity contribution in [3.63, 3.8) is 0 Å². The number of fused-ring (bicyclic) bond motifs is 1. The van der Waals surface area contributed by atoms with E-state index >= 15 is 0 Å². The molecule has 1 aromatic rings. The number of esters is 1. The zero-order valence-corrected chi connectivity index (χ0v) is 19.1. The van der Waals surface area contributed by atoms with Crippen LogP contribution >= 0.6 is 0 Å². The topological polar surface area (TPSA) is 185 Å². The lowest BCUT2D eigenvalue weighted by atomic mass is 9.85. The van der Waals surface area contributed by atoms with E-state index in [4.69, 9.17) is 23.7 Å². The lowest BCUT2D eigenvalue weighted by Crippen LogP contribution is -2.60. The molecule has 2 aliphatic heterocycles. The van der Waals surface area contributed by atoms with Crippen LogP contribution in [0, 0.1) is 11.8 Å². The number of aliphatic hydroxyl groups is 5. The van der Waals surface area contributed by atoms with Gasteiger partial charge in [0.15, 0.2) is 17.8 Å². The summed E-state index contributed by atoms with van der Waals surface area (Å²) in [5, 5.41) is 60.6. The number of aromatic hydroxyl groups is 1. The van der Waals surface area contributed by atoms with Gasteiger partial charge in [0.1, 0.15) is 30.5 Å². The Labute approximate surface area is 200 Å². The molecule has 1 aromatic carbocycles. The third kappa shape index (κ3) is 4.83. The Hall–Kier alpha value is -2.45. The van der Waals surface area contributed by atoms with Gasteiger partial charge < -0.3 is 54.3 Å². The number of phenolic OH excluding ortho intramolecular Hbond substituents is 1. The highest BCUT2D eigenvalue weighted by molar-refractivity contribution is 5.90. The quantitative estimate of drug-likeness (QED) is 0.263. The largest absolute Gasteiger partial charge is 0.504 e. The highest BCUT2D eigenvalue weighted by Crippen LogP contribution is 2.48. The number of carbonyl (C=O) groups excluding carboxylic acids is 1. The van der Waals surface area contributed by atoms with Gasteiger partial charge in [0, 0.05) is 12.3 Å². The number of hydrogen-bond acceptors (Lipinski definition) is 12. The van der Waals surface area contributed by atoms with Gasteiger partial charge in [-0.25, -0.2) is 4.79 Å². The highest BCUT2D eigenvalue weighted by atomic mass is 16.8. The van der Waals surface area contributed by atoms with Crippen molar-refractivity contribution in [2.75, 3.05) is 13.7 Å². The van der Waals surface area contributed by atoms with Crippen LogP contribution in [-0.4, -0.2) is 99.0 Å². The number of aliphatic hydroxyl groups excluding tert-OH is 4. The van der Waals surface area contributed by atoms with Gasteiger partial charge in [0.05, 0.1) is 37.1 Å². The Morgan fingerprint density at radius 3 is 2.60 bits per heavy atom. The molecule has 12 nitrogen and oxygen atoms in total. The molecule has 0 spiro atoms. The monoisotopic (exact) mass is 498 g/mol. The SMILES string of the molecule is COc1cc(C(=O)O[C@H]2C[C@](C)(O)[C@H]3[C@@H](O[C@@H]4O[C@H](CO)[C@@H](O)[C@@H](O)[C@H]4O)OC=C[C@H]32)ccc1O. The summed E-state index contributed by atoms with van der Waals surface area (Å²) in [6.45, 7) is 0.911. The van der Waals surface area contributed by atoms with Gasteiger partial charge in [0.25, 0.3) is 0 Å². The molecule has 194 valence electrons. The Kier molecular flexibility index (Phi) is 7.25. The van der Waals surface area contributed by atoms with Crippen molar-refractivity contribution in [2.24, 2.45) is 11.8 Å². The van der Waals surface area contributed by atoms with E-state index in [0.29, 0.717) is 0 Å². The predicted octanol–water partition coefficient (Wildman–Crippen LogP) is -1.00. The van der Waals surface area contributed by atoms with Crippen molar-refractivity contribution in [3.8, 4) is 11.5 Å². The molecule has 3 aliphatic rings. The van der Waals surface area contributed by atoms with Crippen molar-refractivity contribution in [1.29, 1.82) is 0 Å². The molecule has 1 saturated heterocycles. The van der Waals surface area contributed by atoms with Crippen LogP contribution in [0.4, 0.5) is 0 Å². The van der Waals surface area contributed by atoms with Crippen LogP contribution in [0.3, 0.4) is 0 Å². The minimum atomic E-state index is -1.65. The number of phenols is 1. The summed E-state index contributed by atoms with van der Waals surface area (Å²) < 4.78 is 27.4. The molecule has 2 heterocycles. The zero-order valence-electron chi connectivity index (χ0n) is 19.1. The highest BCUT2D eigenvalue weighted by Gasteiger charge is 2.58. The maximum atomic E-state index is 12.8. The fourth-order valence-electron chi connectivity index (χ4n) is 4.90. The molecule has 0 aromatic heterocycles. The van der Waals surface area contributed by atoms with Gasteiger partial charge in [-0.3, -0.25) is 0 Å². The first-order valence-electron chi connectivity index (χ1n) is 11.2. The van der Waals surface area contributed by atoms with Gasteiger partial charge in [-0.1, -0.05) is 0 Å². The van der Waals surface area contributed by atoms with E-state index in [0.717, 1.165) is 0 Å². The average molecular weight is 498 g/mol. The van der Waals surface area contributed by atoms with Crippen molar-refractivity contribution in [2.45, 2.75) is 62.0 Å². The second-order valence-corrected chi connectivity index (χ2v) is 9.16. The lowest BCUT2D eigenvalue weighted by Gasteiger charge is -2.43. The number of hydrogen-bond donors (Lipinski definition) is 6. The normalized spacial score (nSPS) is 40.6. The molecule has 2 fully saturated rings. The summed E-state index contributed by atoms with van der Waals surface area (Å²) in [6, 6.07) is 4.03. The number of methoxy groups -OCH3 is 1. The molecule has 4 rings (SSSR count). The minimum Gasteiger partial charge on any atom is -0.504 e. The van der Waals surface area contributed by atoms with Gasteiger partial charge in [-0.2, -0.15) is 0 Å². The van der Waals surface area contributed by atoms with Crippen LogP contribution in [0.2, 0.25) is 0 Å². The summed E-state index contributed by atoms with van der Waals surface area (Å²) in [4.78, 5) is 12.8. The maximum Gasteiger partial charge on any atom is 0.338 e. The molecule has 12 heteroatoms. The van der Waals surface area contributed by atoms with E-state index in [9.17, 15) is 35.4 Å². The smallest absolute Gasteiger partial charge is 0.338 e. The van der Waals surface area contributed by atoms with E-state index in [-0.39, 0.29) is 23.5 Å². The van der Waals surface area contributed by atoms with Crippen LogP contribution in [0.5, 0.6) is 11.5 Å². The lowest BCUT2D eigenvalue weighted by molar-refractivity contribution is -0.346.